The number of amides is 2. The highest BCUT2D eigenvalue weighted by Crippen LogP contribution is 2.22. The number of carbonyl (C=O) groups excluding carboxylic acids is 4. The first-order chi connectivity index (χ1) is 12.0. The second-order valence-electron chi connectivity index (χ2n) is 5.45. The predicted octanol–water partition coefficient (Wildman–Crippen LogP) is 2.33. The molecule has 0 saturated heterocycles. The fourth-order valence-electron chi connectivity index (χ4n) is 2.49. The van der Waals surface area contributed by atoms with Crippen LogP contribution >= 0.6 is 11.3 Å². The summed E-state index contributed by atoms with van der Waals surface area (Å²) in [5.74, 6) is -2.17. The lowest BCUT2D eigenvalue weighted by atomic mass is 10.1. The number of nitrogens with zero attached hydrogens (tertiary/aromatic N) is 1. The number of imide groups is 1. The molecular formula is C18H15NO5S. The Bertz CT molecular complexity index is 835. The fraction of sp³-hybridized carbons (Fsp3) is 0.222. The van der Waals surface area contributed by atoms with Gasteiger partial charge in [0.15, 0.2) is 6.61 Å². The Labute approximate surface area is 148 Å². The van der Waals surface area contributed by atoms with Crippen molar-refractivity contribution < 1.29 is 23.9 Å². The summed E-state index contributed by atoms with van der Waals surface area (Å²) in [5.41, 5.74) is 0.532. The van der Waals surface area contributed by atoms with Crippen molar-refractivity contribution in [2.45, 2.75) is 13.3 Å². The van der Waals surface area contributed by atoms with E-state index in [2.05, 4.69) is 0 Å². The van der Waals surface area contributed by atoms with E-state index >= 15 is 0 Å². The quantitative estimate of drug-likeness (QED) is 0.450. The van der Waals surface area contributed by atoms with Crippen molar-refractivity contribution in [2.24, 2.45) is 0 Å². The summed E-state index contributed by atoms with van der Waals surface area (Å²) in [6.07, 6.45) is 0.831. The Morgan fingerprint density at radius 2 is 1.68 bits per heavy atom. The van der Waals surface area contributed by atoms with Gasteiger partial charge in [-0.3, -0.25) is 24.1 Å². The van der Waals surface area contributed by atoms with E-state index in [1.165, 1.54) is 23.5 Å². The van der Waals surface area contributed by atoms with Gasteiger partial charge in [-0.05, 0) is 30.7 Å². The molecule has 128 valence electrons. The van der Waals surface area contributed by atoms with E-state index in [4.69, 9.17) is 4.74 Å². The van der Waals surface area contributed by atoms with Gasteiger partial charge in [0.05, 0.1) is 16.0 Å². The first kappa shape index (κ1) is 17.0. The number of aryl methyl sites for hydroxylation is 1. The van der Waals surface area contributed by atoms with Crippen LogP contribution in [0.1, 0.15) is 42.2 Å². The zero-order valence-corrected chi connectivity index (χ0v) is 14.3. The third-order valence-electron chi connectivity index (χ3n) is 3.81. The fourth-order valence-corrected chi connectivity index (χ4v) is 3.36. The van der Waals surface area contributed by atoms with Gasteiger partial charge < -0.3 is 4.74 Å². The van der Waals surface area contributed by atoms with Crippen LogP contribution in [0.5, 0.6) is 0 Å². The van der Waals surface area contributed by atoms with E-state index < -0.39 is 30.9 Å². The Kier molecular flexibility index (Phi) is 4.76. The molecule has 3 rings (SSSR count). The van der Waals surface area contributed by atoms with Crippen molar-refractivity contribution in [2.75, 3.05) is 13.2 Å². The highest BCUT2D eigenvalue weighted by atomic mass is 32.1. The van der Waals surface area contributed by atoms with Gasteiger partial charge in [-0.25, -0.2) is 0 Å². The molecular weight excluding hydrogens is 342 g/mol. The largest absolute Gasteiger partial charge is 0.456 e. The highest BCUT2D eigenvalue weighted by molar-refractivity contribution is 7.14. The summed E-state index contributed by atoms with van der Waals surface area (Å²) in [4.78, 5) is 50.7. The Morgan fingerprint density at radius 3 is 2.24 bits per heavy atom. The molecule has 2 amide bonds. The number of Topliss-reactive ketones (excluding diaryl/α,β-unsaturated/α-hetero) is 1. The number of ketones is 1. The lowest BCUT2D eigenvalue weighted by molar-refractivity contribution is -0.142. The van der Waals surface area contributed by atoms with E-state index in [-0.39, 0.29) is 16.9 Å². The summed E-state index contributed by atoms with van der Waals surface area (Å²) >= 11 is 1.36. The number of benzene rings is 1. The van der Waals surface area contributed by atoms with Gasteiger partial charge in [-0.2, -0.15) is 0 Å². The van der Waals surface area contributed by atoms with E-state index in [1.807, 2.05) is 13.0 Å². The number of thiophene rings is 1. The van der Waals surface area contributed by atoms with Gasteiger partial charge in [0.25, 0.3) is 11.8 Å². The minimum atomic E-state index is -0.796. The minimum Gasteiger partial charge on any atom is -0.456 e. The molecule has 1 aliphatic heterocycles. The molecule has 0 N–H and O–H groups in total. The molecule has 0 radical (unpaired) electrons. The lowest BCUT2D eigenvalue weighted by Gasteiger charge is -2.12. The molecule has 1 aliphatic rings. The van der Waals surface area contributed by atoms with Gasteiger partial charge in [-0.15, -0.1) is 11.3 Å². The third-order valence-corrected chi connectivity index (χ3v) is 5.09. The second-order valence-corrected chi connectivity index (χ2v) is 6.61. The first-order valence-electron chi connectivity index (χ1n) is 7.74. The van der Waals surface area contributed by atoms with Crippen molar-refractivity contribution >= 4 is 34.9 Å². The number of rotatable bonds is 6. The van der Waals surface area contributed by atoms with E-state index in [0.29, 0.717) is 4.88 Å². The minimum absolute atomic E-state index is 0.266. The number of carbonyl (C=O) groups is 4. The molecule has 0 bridgehead atoms. The Balaban J connectivity index is 1.57. The first-order valence-corrected chi connectivity index (χ1v) is 8.55. The van der Waals surface area contributed by atoms with Crippen LogP contribution in [0, 0.1) is 0 Å². The standard InChI is InChI=1S/C18H15NO5S/c1-2-11-7-8-15(25-11)14(20)10-24-16(21)9-19-17(22)12-5-3-4-6-13(12)18(19)23/h3-8H,2,9-10H2,1H3. The smallest absolute Gasteiger partial charge is 0.326 e. The number of esters is 1. The molecule has 25 heavy (non-hydrogen) atoms. The van der Waals surface area contributed by atoms with Crippen LogP contribution in [0.4, 0.5) is 0 Å². The van der Waals surface area contributed by atoms with Crippen LogP contribution in [0.15, 0.2) is 36.4 Å². The average Bonchev–Trinajstić information content (AvgIpc) is 3.20. The summed E-state index contributed by atoms with van der Waals surface area (Å²) in [6, 6.07) is 9.92. The van der Waals surface area contributed by atoms with Crippen molar-refractivity contribution in [1.82, 2.24) is 4.90 Å². The average molecular weight is 357 g/mol. The second kappa shape index (κ2) is 6.98. The molecule has 0 saturated carbocycles. The summed E-state index contributed by atoms with van der Waals surface area (Å²) < 4.78 is 4.93. The SMILES string of the molecule is CCc1ccc(C(=O)COC(=O)CN2C(=O)c3ccccc3C2=O)s1. The van der Waals surface area contributed by atoms with E-state index in [9.17, 15) is 19.2 Å². The monoisotopic (exact) mass is 357 g/mol. The lowest BCUT2D eigenvalue weighted by Crippen LogP contribution is -2.36. The van der Waals surface area contributed by atoms with Crippen LogP contribution in [0.3, 0.4) is 0 Å². The van der Waals surface area contributed by atoms with Gasteiger partial charge in [0.2, 0.25) is 5.78 Å². The van der Waals surface area contributed by atoms with Crippen LogP contribution in [-0.2, 0) is 16.0 Å². The number of fused-ring (bicyclic) bond motifs is 1. The molecule has 1 aromatic carbocycles. The molecule has 6 nitrogen and oxygen atoms in total. The summed E-state index contributed by atoms with van der Waals surface area (Å²) in [7, 11) is 0. The van der Waals surface area contributed by atoms with Gasteiger partial charge >= 0.3 is 5.97 Å². The Morgan fingerprint density at radius 1 is 1.04 bits per heavy atom. The number of ether oxygens (including phenoxy) is 1. The molecule has 0 atom stereocenters. The van der Waals surface area contributed by atoms with Crippen LogP contribution in [0.25, 0.3) is 0 Å². The van der Waals surface area contributed by atoms with Crippen LogP contribution in [0.2, 0.25) is 0 Å². The van der Waals surface area contributed by atoms with Crippen molar-refractivity contribution in [3.05, 3.63) is 57.3 Å². The number of hydrogen-bond donors (Lipinski definition) is 0. The molecule has 7 heteroatoms. The molecule has 0 fully saturated rings. The topological polar surface area (TPSA) is 80.8 Å². The van der Waals surface area contributed by atoms with Crippen LogP contribution in [-0.4, -0.2) is 41.6 Å². The zero-order chi connectivity index (χ0) is 18.0. The van der Waals surface area contributed by atoms with Gasteiger partial charge in [-0.1, -0.05) is 19.1 Å². The maximum Gasteiger partial charge on any atom is 0.326 e. The summed E-state index contributed by atoms with van der Waals surface area (Å²) in [6.45, 7) is 1.07. The Hall–Kier alpha value is -2.80. The van der Waals surface area contributed by atoms with E-state index in [0.717, 1.165) is 16.2 Å². The highest BCUT2D eigenvalue weighted by Gasteiger charge is 2.36. The van der Waals surface area contributed by atoms with Crippen molar-refractivity contribution in [1.29, 1.82) is 0 Å². The van der Waals surface area contributed by atoms with Crippen molar-refractivity contribution in [3.63, 3.8) is 0 Å². The van der Waals surface area contributed by atoms with Crippen LogP contribution < -0.4 is 0 Å². The summed E-state index contributed by atoms with van der Waals surface area (Å²) in [5, 5.41) is 0. The van der Waals surface area contributed by atoms with Crippen molar-refractivity contribution in [3.8, 4) is 0 Å². The normalized spacial score (nSPS) is 13.1. The molecule has 0 aliphatic carbocycles. The van der Waals surface area contributed by atoms with E-state index in [1.54, 1.807) is 18.2 Å². The maximum absolute atomic E-state index is 12.2. The molecule has 2 aromatic rings. The third kappa shape index (κ3) is 3.36. The van der Waals surface area contributed by atoms with Gasteiger partial charge in [0, 0.05) is 4.88 Å². The molecule has 2 heterocycles. The molecule has 0 unspecified atom stereocenters. The predicted molar refractivity (Wildman–Crippen MR) is 90.8 cm³/mol. The molecule has 1 aromatic heterocycles. The van der Waals surface area contributed by atoms with Gasteiger partial charge in [0.1, 0.15) is 6.54 Å². The number of hydrogen-bond acceptors (Lipinski definition) is 6. The maximum atomic E-state index is 12.2. The molecule has 0 spiro atoms. The zero-order valence-electron chi connectivity index (χ0n) is 13.5.